The first-order valence-electron chi connectivity index (χ1n) is 7.64. The topological polar surface area (TPSA) is 72.3 Å². The number of fused-ring (bicyclic) bond motifs is 1. The first-order chi connectivity index (χ1) is 10.2. The zero-order chi connectivity index (χ0) is 14.8. The largest absolute Gasteiger partial charge is 0.383 e. The van der Waals surface area contributed by atoms with Crippen molar-refractivity contribution in [3.63, 3.8) is 0 Å². The Hall–Kier alpha value is -1.47. The van der Waals surface area contributed by atoms with Crippen molar-refractivity contribution in [2.24, 2.45) is 0 Å². The molecule has 116 valence electrons. The maximum absolute atomic E-state index is 12.5. The standard InChI is InChI=1S/C14H23N5O2/c1-10-14(20)18(7-8-21-2)9-12-16-17-13(19(10)12)11-3-5-15-6-4-11/h10-11,15H,3-9H2,1-2H3/t10-/m0/s1. The second kappa shape index (κ2) is 6.11. The summed E-state index contributed by atoms with van der Waals surface area (Å²) in [5.41, 5.74) is 0. The molecule has 0 unspecified atom stereocenters. The van der Waals surface area contributed by atoms with Gasteiger partial charge in [0.25, 0.3) is 0 Å². The Morgan fingerprint density at radius 2 is 2.10 bits per heavy atom. The second-order valence-corrected chi connectivity index (χ2v) is 5.80. The van der Waals surface area contributed by atoms with Gasteiger partial charge in [-0.3, -0.25) is 4.79 Å². The van der Waals surface area contributed by atoms with E-state index in [1.807, 2.05) is 11.8 Å². The smallest absolute Gasteiger partial charge is 0.245 e. The molecule has 0 aliphatic carbocycles. The van der Waals surface area contributed by atoms with Gasteiger partial charge in [-0.2, -0.15) is 0 Å². The Morgan fingerprint density at radius 1 is 1.33 bits per heavy atom. The summed E-state index contributed by atoms with van der Waals surface area (Å²) in [6, 6.07) is -0.217. The van der Waals surface area contributed by atoms with Crippen LogP contribution in [0.2, 0.25) is 0 Å². The van der Waals surface area contributed by atoms with Crippen LogP contribution in [0.15, 0.2) is 0 Å². The summed E-state index contributed by atoms with van der Waals surface area (Å²) in [4.78, 5) is 14.3. The highest BCUT2D eigenvalue weighted by Crippen LogP contribution is 2.30. The minimum absolute atomic E-state index is 0.134. The van der Waals surface area contributed by atoms with Crippen molar-refractivity contribution in [2.45, 2.75) is 38.3 Å². The predicted molar refractivity (Wildman–Crippen MR) is 76.9 cm³/mol. The van der Waals surface area contributed by atoms with E-state index in [0.717, 1.165) is 37.6 Å². The van der Waals surface area contributed by atoms with Gasteiger partial charge in [0, 0.05) is 19.6 Å². The van der Waals surface area contributed by atoms with Crippen molar-refractivity contribution in [3.05, 3.63) is 11.6 Å². The lowest BCUT2D eigenvalue weighted by Gasteiger charge is -2.33. The number of methoxy groups -OCH3 is 1. The fourth-order valence-corrected chi connectivity index (χ4v) is 3.24. The molecule has 1 N–H and O–H groups in total. The molecule has 7 nitrogen and oxygen atoms in total. The highest BCUT2D eigenvalue weighted by Gasteiger charge is 2.35. The van der Waals surface area contributed by atoms with Crippen LogP contribution >= 0.6 is 0 Å². The Kier molecular flexibility index (Phi) is 4.21. The van der Waals surface area contributed by atoms with E-state index in [0.29, 0.717) is 25.6 Å². The van der Waals surface area contributed by atoms with Gasteiger partial charge in [-0.25, -0.2) is 0 Å². The second-order valence-electron chi connectivity index (χ2n) is 5.80. The monoisotopic (exact) mass is 293 g/mol. The molecule has 1 fully saturated rings. The quantitative estimate of drug-likeness (QED) is 0.864. The Morgan fingerprint density at radius 3 is 2.81 bits per heavy atom. The number of carbonyl (C=O) groups is 1. The van der Waals surface area contributed by atoms with Gasteiger partial charge in [0.15, 0.2) is 5.82 Å². The molecular formula is C14H23N5O2. The first-order valence-corrected chi connectivity index (χ1v) is 7.64. The van der Waals surface area contributed by atoms with Crippen molar-refractivity contribution in [2.75, 3.05) is 33.4 Å². The minimum Gasteiger partial charge on any atom is -0.383 e. The Labute approximate surface area is 124 Å². The van der Waals surface area contributed by atoms with E-state index in [1.165, 1.54) is 0 Å². The summed E-state index contributed by atoms with van der Waals surface area (Å²) in [5, 5.41) is 12.1. The van der Waals surface area contributed by atoms with E-state index >= 15 is 0 Å². The molecule has 1 amide bonds. The van der Waals surface area contributed by atoms with Crippen molar-refractivity contribution in [1.29, 1.82) is 0 Å². The molecule has 2 aliphatic heterocycles. The number of hydrogen-bond donors (Lipinski definition) is 1. The summed E-state index contributed by atoms with van der Waals surface area (Å²) < 4.78 is 7.13. The number of rotatable bonds is 4. The Bertz CT molecular complexity index is 509. The molecule has 0 aromatic carbocycles. The number of piperidine rings is 1. The van der Waals surface area contributed by atoms with E-state index in [1.54, 1.807) is 7.11 Å². The molecule has 2 aliphatic rings. The van der Waals surface area contributed by atoms with Crippen molar-refractivity contribution in [3.8, 4) is 0 Å². The predicted octanol–water partition coefficient (Wildman–Crippen LogP) is 0.295. The summed E-state index contributed by atoms with van der Waals surface area (Å²) in [7, 11) is 1.65. The lowest BCUT2D eigenvalue weighted by atomic mass is 9.96. The third kappa shape index (κ3) is 2.67. The maximum Gasteiger partial charge on any atom is 0.245 e. The number of nitrogens with zero attached hydrogens (tertiary/aromatic N) is 4. The van der Waals surface area contributed by atoms with Crippen molar-refractivity contribution >= 4 is 5.91 Å². The molecule has 7 heteroatoms. The van der Waals surface area contributed by atoms with Gasteiger partial charge in [-0.05, 0) is 32.9 Å². The number of amides is 1. The summed E-state index contributed by atoms with van der Waals surface area (Å²) >= 11 is 0. The van der Waals surface area contributed by atoms with Crippen LogP contribution in [0.4, 0.5) is 0 Å². The van der Waals surface area contributed by atoms with Crippen LogP contribution in [-0.4, -0.2) is 58.9 Å². The molecule has 1 aromatic heterocycles. The van der Waals surface area contributed by atoms with Gasteiger partial charge in [-0.1, -0.05) is 0 Å². The van der Waals surface area contributed by atoms with Gasteiger partial charge < -0.3 is 19.5 Å². The average Bonchev–Trinajstić information content (AvgIpc) is 2.94. The molecule has 21 heavy (non-hydrogen) atoms. The lowest BCUT2D eigenvalue weighted by Crippen LogP contribution is -2.44. The van der Waals surface area contributed by atoms with Gasteiger partial charge in [-0.15, -0.1) is 10.2 Å². The molecule has 0 bridgehead atoms. The zero-order valence-corrected chi connectivity index (χ0v) is 12.7. The number of hydrogen-bond acceptors (Lipinski definition) is 5. The highest BCUT2D eigenvalue weighted by atomic mass is 16.5. The summed E-state index contributed by atoms with van der Waals surface area (Å²) in [6.45, 7) is 5.65. The summed E-state index contributed by atoms with van der Waals surface area (Å²) in [6.07, 6.45) is 2.12. The third-order valence-electron chi connectivity index (χ3n) is 4.45. The number of carbonyl (C=O) groups excluding carboxylic acids is 1. The zero-order valence-electron chi connectivity index (χ0n) is 12.7. The van der Waals surface area contributed by atoms with Gasteiger partial charge in [0.05, 0.1) is 13.2 Å². The van der Waals surface area contributed by atoms with Crippen molar-refractivity contribution in [1.82, 2.24) is 25.0 Å². The fourth-order valence-electron chi connectivity index (χ4n) is 3.24. The fraction of sp³-hybridized carbons (Fsp3) is 0.786. The molecule has 0 spiro atoms. The molecule has 1 aromatic rings. The van der Waals surface area contributed by atoms with Gasteiger partial charge >= 0.3 is 0 Å². The molecule has 3 heterocycles. The van der Waals surface area contributed by atoms with Crippen LogP contribution in [0.3, 0.4) is 0 Å². The van der Waals surface area contributed by atoms with E-state index in [4.69, 9.17) is 4.74 Å². The van der Waals surface area contributed by atoms with E-state index < -0.39 is 0 Å². The van der Waals surface area contributed by atoms with Crippen molar-refractivity contribution < 1.29 is 9.53 Å². The van der Waals surface area contributed by atoms with E-state index in [9.17, 15) is 4.79 Å². The average molecular weight is 293 g/mol. The summed E-state index contributed by atoms with van der Waals surface area (Å²) in [5.74, 6) is 2.42. The number of aromatic nitrogens is 3. The van der Waals surface area contributed by atoms with Crippen LogP contribution in [0.1, 0.15) is 43.4 Å². The normalized spacial score (nSPS) is 23.4. The highest BCUT2D eigenvalue weighted by molar-refractivity contribution is 5.81. The number of nitrogens with one attached hydrogen (secondary N) is 1. The molecule has 1 atom stereocenters. The van der Waals surface area contributed by atoms with Crippen LogP contribution in [0.25, 0.3) is 0 Å². The third-order valence-corrected chi connectivity index (χ3v) is 4.45. The van der Waals surface area contributed by atoms with Gasteiger partial charge in [0.1, 0.15) is 11.9 Å². The molecule has 0 radical (unpaired) electrons. The van der Waals surface area contributed by atoms with Crippen LogP contribution in [0, 0.1) is 0 Å². The SMILES string of the molecule is COCCN1Cc2nnc(C3CCNCC3)n2[C@@H](C)C1=O. The molecule has 3 rings (SSSR count). The maximum atomic E-state index is 12.5. The van der Waals surface area contributed by atoms with Crippen LogP contribution in [-0.2, 0) is 16.1 Å². The van der Waals surface area contributed by atoms with E-state index in [-0.39, 0.29) is 11.9 Å². The molecule has 1 saturated heterocycles. The van der Waals surface area contributed by atoms with Gasteiger partial charge in [0.2, 0.25) is 5.91 Å². The lowest BCUT2D eigenvalue weighted by molar-refractivity contribution is -0.137. The van der Waals surface area contributed by atoms with E-state index in [2.05, 4.69) is 20.1 Å². The number of ether oxygens (including phenoxy) is 1. The molecule has 0 saturated carbocycles. The first kappa shape index (κ1) is 14.5. The molecular weight excluding hydrogens is 270 g/mol. The minimum atomic E-state index is -0.217. The Balaban J connectivity index is 1.84. The van der Waals surface area contributed by atoms with Crippen LogP contribution < -0.4 is 5.32 Å². The van der Waals surface area contributed by atoms with Crippen LogP contribution in [0.5, 0.6) is 0 Å².